The van der Waals surface area contributed by atoms with E-state index in [9.17, 15) is 13.6 Å². The summed E-state index contributed by atoms with van der Waals surface area (Å²) in [5.74, 6) is -1.44. The quantitative estimate of drug-likeness (QED) is 0.501. The van der Waals surface area contributed by atoms with Crippen molar-refractivity contribution in [2.45, 2.75) is 32.0 Å². The van der Waals surface area contributed by atoms with Crippen molar-refractivity contribution in [1.29, 1.82) is 0 Å². The average Bonchev–Trinajstić information content (AvgIpc) is 2.79. The predicted octanol–water partition coefficient (Wildman–Crippen LogP) is 3.66. The first-order chi connectivity index (χ1) is 16.0. The largest absolute Gasteiger partial charge is 0.465 e. The lowest BCUT2D eigenvalue weighted by atomic mass is 10.0. The fourth-order valence-electron chi connectivity index (χ4n) is 3.96. The molecule has 0 saturated carbocycles. The Hall–Kier alpha value is -3.66. The minimum Gasteiger partial charge on any atom is -0.465 e. The summed E-state index contributed by atoms with van der Waals surface area (Å²) in [5, 5.41) is 14.8. The summed E-state index contributed by atoms with van der Waals surface area (Å²) in [6, 6.07) is 7.14. The minimum absolute atomic E-state index is 0.0124. The predicted molar refractivity (Wildman–Crippen MR) is 118 cm³/mol. The van der Waals surface area contributed by atoms with E-state index in [-0.39, 0.29) is 17.4 Å². The molecular formula is C23H24F2N6O2. The molecule has 3 aromatic rings. The van der Waals surface area contributed by atoms with Gasteiger partial charge in [-0.1, -0.05) is 6.07 Å². The van der Waals surface area contributed by atoms with Crippen molar-refractivity contribution in [1.82, 2.24) is 25.2 Å². The Morgan fingerprint density at radius 3 is 2.79 bits per heavy atom. The van der Waals surface area contributed by atoms with Crippen LogP contribution in [0.5, 0.6) is 0 Å². The summed E-state index contributed by atoms with van der Waals surface area (Å²) < 4.78 is 28.2. The number of hydrogen-bond acceptors (Lipinski definition) is 6. The lowest BCUT2D eigenvalue weighted by Gasteiger charge is -2.32. The summed E-state index contributed by atoms with van der Waals surface area (Å²) in [6.45, 7) is 2.46. The third-order valence-corrected chi connectivity index (χ3v) is 5.50. The Bertz CT molecular complexity index is 1110. The second-order valence-corrected chi connectivity index (χ2v) is 7.88. The average molecular weight is 454 g/mol. The van der Waals surface area contributed by atoms with Crippen LogP contribution in [-0.2, 0) is 13.1 Å². The first-order valence-corrected chi connectivity index (χ1v) is 10.6. The van der Waals surface area contributed by atoms with Crippen LogP contribution < -0.4 is 10.6 Å². The van der Waals surface area contributed by atoms with E-state index in [1.807, 2.05) is 6.07 Å². The molecule has 0 bridgehead atoms. The monoisotopic (exact) mass is 454 g/mol. The van der Waals surface area contributed by atoms with Gasteiger partial charge in [0.25, 0.3) is 0 Å². The number of aromatic nitrogens is 3. The maximum atomic E-state index is 14.1. The standard InChI is InChI=1S/C23H24F2N6O2/c24-18-4-1-5-19(25)21(18)22-27-9-7-16(29-22)11-28-20-12-26-8-6-15(20)13-31-10-2-3-17(14-31)30-23(32)33/h1,4-9,12,17,28,30H,2-3,10-11,13-14H2,(H,32,33)/t17-/m0/s1. The Labute approximate surface area is 189 Å². The molecule has 1 aliphatic heterocycles. The number of likely N-dealkylation sites (tertiary alicyclic amines) is 1. The summed E-state index contributed by atoms with van der Waals surface area (Å²) in [4.78, 5) is 25.7. The van der Waals surface area contributed by atoms with E-state index in [1.165, 1.54) is 24.4 Å². The van der Waals surface area contributed by atoms with Gasteiger partial charge in [-0.15, -0.1) is 0 Å². The molecule has 0 unspecified atom stereocenters. The third kappa shape index (κ3) is 5.78. The highest BCUT2D eigenvalue weighted by Crippen LogP contribution is 2.23. The first kappa shape index (κ1) is 22.5. The molecule has 10 heteroatoms. The lowest BCUT2D eigenvalue weighted by molar-refractivity contribution is 0.160. The van der Waals surface area contributed by atoms with Gasteiger partial charge in [0.15, 0.2) is 5.82 Å². The van der Waals surface area contributed by atoms with E-state index in [0.29, 0.717) is 25.3 Å². The van der Waals surface area contributed by atoms with Gasteiger partial charge in [-0.05, 0) is 49.2 Å². The fourth-order valence-corrected chi connectivity index (χ4v) is 3.96. The first-order valence-electron chi connectivity index (χ1n) is 10.6. The zero-order chi connectivity index (χ0) is 23.2. The van der Waals surface area contributed by atoms with E-state index in [4.69, 9.17) is 5.11 Å². The van der Waals surface area contributed by atoms with Gasteiger partial charge in [-0.25, -0.2) is 23.5 Å². The van der Waals surface area contributed by atoms with E-state index in [1.54, 1.807) is 18.5 Å². The second-order valence-electron chi connectivity index (χ2n) is 7.88. The summed E-state index contributed by atoms with van der Waals surface area (Å²) in [7, 11) is 0. The van der Waals surface area contributed by atoms with Gasteiger partial charge in [0.2, 0.25) is 0 Å². The van der Waals surface area contributed by atoms with Crippen LogP contribution in [0.25, 0.3) is 11.4 Å². The molecule has 1 aliphatic rings. The number of benzene rings is 1. The molecule has 0 radical (unpaired) electrons. The molecule has 1 atom stereocenters. The van der Waals surface area contributed by atoms with Crippen molar-refractivity contribution >= 4 is 11.8 Å². The van der Waals surface area contributed by atoms with Gasteiger partial charge in [-0.3, -0.25) is 9.88 Å². The molecule has 172 valence electrons. The molecule has 1 amide bonds. The van der Waals surface area contributed by atoms with E-state index in [2.05, 4.69) is 30.5 Å². The lowest BCUT2D eigenvalue weighted by Crippen LogP contribution is -2.47. The molecule has 33 heavy (non-hydrogen) atoms. The van der Waals surface area contributed by atoms with Crippen molar-refractivity contribution in [3.8, 4) is 11.4 Å². The molecule has 3 N–H and O–H groups in total. The van der Waals surface area contributed by atoms with E-state index < -0.39 is 17.7 Å². The van der Waals surface area contributed by atoms with Crippen LogP contribution in [-0.4, -0.2) is 50.2 Å². The van der Waals surface area contributed by atoms with Crippen molar-refractivity contribution in [2.75, 3.05) is 18.4 Å². The number of pyridine rings is 1. The Balaban J connectivity index is 1.44. The number of nitrogens with zero attached hydrogens (tertiary/aromatic N) is 4. The van der Waals surface area contributed by atoms with Crippen molar-refractivity contribution in [2.24, 2.45) is 0 Å². The highest BCUT2D eigenvalue weighted by Gasteiger charge is 2.22. The molecule has 1 aromatic carbocycles. The van der Waals surface area contributed by atoms with Crippen LogP contribution in [0.15, 0.2) is 48.9 Å². The maximum Gasteiger partial charge on any atom is 0.404 e. The molecule has 1 fully saturated rings. The van der Waals surface area contributed by atoms with E-state index in [0.717, 1.165) is 30.6 Å². The van der Waals surface area contributed by atoms with Gasteiger partial charge >= 0.3 is 6.09 Å². The number of carboxylic acid groups (broad SMARTS) is 1. The van der Waals surface area contributed by atoms with Gasteiger partial charge in [0.05, 0.1) is 29.7 Å². The maximum absolute atomic E-state index is 14.1. The highest BCUT2D eigenvalue weighted by molar-refractivity contribution is 5.64. The molecule has 4 rings (SSSR count). The molecule has 0 spiro atoms. The van der Waals surface area contributed by atoms with Crippen molar-refractivity contribution in [3.63, 3.8) is 0 Å². The zero-order valence-corrected chi connectivity index (χ0v) is 17.8. The number of rotatable bonds is 7. The van der Waals surface area contributed by atoms with Gasteiger partial charge in [0, 0.05) is 31.5 Å². The zero-order valence-electron chi connectivity index (χ0n) is 17.8. The Kier molecular flexibility index (Phi) is 7.04. The summed E-state index contributed by atoms with van der Waals surface area (Å²) >= 11 is 0. The van der Waals surface area contributed by atoms with Gasteiger partial charge < -0.3 is 15.7 Å². The van der Waals surface area contributed by atoms with Crippen LogP contribution >= 0.6 is 0 Å². The topological polar surface area (TPSA) is 103 Å². The minimum atomic E-state index is -1.01. The number of hydrogen-bond donors (Lipinski definition) is 3. The summed E-state index contributed by atoms with van der Waals surface area (Å²) in [5.41, 5.74) is 2.13. The Morgan fingerprint density at radius 1 is 1.18 bits per heavy atom. The number of nitrogens with one attached hydrogen (secondary N) is 2. The van der Waals surface area contributed by atoms with Gasteiger partial charge in [0.1, 0.15) is 11.6 Å². The molecule has 0 aliphatic carbocycles. The van der Waals surface area contributed by atoms with Crippen LogP contribution in [0, 0.1) is 11.6 Å². The highest BCUT2D eigenvalue weighted by atomic mass is 19.1. The van der Waals surface area contributed by atoms with Crippen molar-refractivity contribution in [3.05, 3.63) is 71.8 Å². The van der Waals surface area contributed by atoms with Crippen LogP contribution in [0.4, 0.5) is 19.3 Å². The number of halogens is 2. The normalized spacial score (nSPS) is 16.4. The second kappa shape index (κ2) is 10.3. The molecular weight excluding hydrogens is 430 g/mol. The van der Waals surface area contributed by atoms with Crippen LogP contribution in [0.1, 0.15) is 24.1 Å². The van der Waals surface area contributed by atoms with Crippen LogP contribution in [0.3, 0.4) is 0 Å². The smallest absolute Gasteiger partial charge is 0.404 e. The molecule has 8 nitrogen and oxygen atoms in total. The van der Waals surface area contributed by atoms with Crippen molar-refractivity contribution < 1.29 is 18.7 Å². The van der Waals surface area contributed by atoms with E-state index >= 15 is 0 Å². The SMILES string of the molecule is O=C(O)N[C@H]1CCCN(Cc2ccncc2NCc2ccnc(-c3c(F)cccc3F)n2)C1. The Morgan fingerprint density at radius 2 is 2.00 bits per heavy atom. The third-order valence-electron chi connectivity index (χ3n) is 5.50. The number of amides is 1. The molecule has 2 aromatic heterocycles. The number of anilines is 1. The molecule has 3 heterocycles. The fraction of sp³-hybridized carbons (Fsp3) is 0.304. The van der Waals surface area contributed by atoms with Crippen LogP contribution in [0.2, 0.25) is 0 Å². The van der Waals surface area contributed by atoms with Gasteiger partial charge in [-0.2, -0.15) is 0 Å². The molecule has 1 saturated heterocycles. The number of piperidine rings is 1. The number of carbonyl (C=O) groups is 1. The summed E-state index contributed by atoms with van der Waals surface area (Å²) in [6.07, 6.45) is 5.62.